The molecule has 2 aromatic carbocycles. The van der Waals surface area contributed by atoms with Crippen molar-refractivity contribution in [3.63, 3.8) is 0 Å². The van der Waals surface area contributed by atoms with Gasteiger partial charge in [0.2, 0.25) is 11.8 Å². The van der Waals surface area contributed by atoms with E-state index in [1.54, 1.807) is 4.90 Å². The van der Waals surface area contributed by atoms with Crippen LogP contribution in [0.25, 0.3) is 0 Å². The molecule has 6 heteroatoms. The van der Waals surface area contributed by atoms with Gasteiger partial charge in [0.25, 0.3) is 5.91 Å². The van der Waals surface area contributed by atoms with Crippen LogP contribution in [0.1, 0.15) is 67.1 Å². The van der Waals surface area contributed by atoms with E-state index in [0.717, 1.165) is 11.1 Å². The second kappa shape index (κ2) is 10.6. The normalized spacial score (nSPS) is 18.1. The molecule has 0 bridgehead atoms. The Labute approximate surface area is 208 Å². The molecule has 0 spiro atoms. The largest absolute Gasteiger partial charge is 0.337 e. The maximum absolute atomic E-state index is 13.6. The van der Waals surface area contributed by atoms with Gasteiger partial charge >= 0.3 is 0 Å². The molecule has 1 unspecified atom stereocenters. The van der Waals surface area contributed by atoms with Crippen molar-refractivity contribution in [3.8, 4) is 0 Å². The quantitative estimate of drug-likeness (QED) is 0.654. The van der Waals surface area contributed by atoms with Crippen LogP contribution in [0.4, 0.5) is 0 Å². The zero-order valence-corrected chi connectivity index (χ0v) is 21.4. The molecule has 2 aromatic rings. The standard InChI is InChI=1S/C29H37N3O3/c1-20(2)17-27(33)32-19-25-8-6-5-7-24(25)18-26(32)29(35)31-15-13-30(14-16-31)28(34)23-11-9-22(10-12-23)21(3)4/h5-12,20-21,26H,13-19H2,1-4H3. The van der Waals surface area contributed by atoms with Crippen molar-refractivity contribution < 1.29 is 14.4 Å². The third kappa shape index (κ3) is 5.58. The summed E-state index contributed by atoms with van der Waals surface area (Å²) in [4.78, 5) is 45.2. The number of carbonyl (C=O) groups excluding carboxylic acids is 3. The van der Waals surface area contributed by atoms with Crippen molar-refractivity contribution in [1.82, 2.24) is 14.7 Å². The van der Waals surface area contributed by atoms with Gasteiger partial charge in [0.05, 0.1) is 0 Å². The number of rotatable bonds is 5. The van der Waals surface area contributed by atoms with Crippen LogP contribution in [-0.4, -0.2) is 64.6 Å². The molecule has 186 valence electrons. The first-order chi connectivity index (χ1) is 16.7. The van der Waals surface area contributed by atoms with E-state index in [1.165, 1.54) is 5.56 Å². The fraction of sp³-hybridized carbons (Fsp3) is 0.483. The molecule has 6 nitrogen and oxygen atoms in total. The minimum Gasteiger partial charge on any atom is -0.337 e. The highest BCUT2D eigenvalue weighted by atomic mass is 16.2. The fourth-order valence-corrected chi connectivity index (χ4v) is 5.01. The highest BCUT2D eigenvalue weighted by Gasteiger charge is 2.38. The number of fused-ring (bicyclic) bond motifs is 1. The van der Waals surface area contributed by atoms with Gasteiger partial charge in [0.15, 0.2) is 0 Å². The highest BCUT2D eigenvalue weighted by molar-refractivity contribution is 5.94. The van der Waals surface area contributed by atoms with E-state index in [9.17, 15) is 14.4 Å². The molecule has 3 amide bonds. The Bertz CT molecular complexity index is 1070. The average molecular weight is 476 g/mol. The van der Waals surface area contributed by atoms with Crippen LogP contribution < -0.4 is 0 Å². The van der Waals surface area contributed by atoms with Gasteiger partial charge in [0.1, 0.15) is 6.04 Å². The molecule has 0 aromatic heterocycles. The molecule has 2 heterocycles. The number of benzene rings is 2. The Morgan fingerprint density at radius 3 is 2.03 bits per heavy atom. The lowest BCUT2D eigenvalue weighted by Crippen LogP contribution is -2.58. The second-order valence-corrected chi connectivity index (χ2v) is 10.5. The van der Waals surface area contributed by atoms with Crippen LogP contribution in [0, 0.1) is 5.92 Å². The number of carbonyl (C=O) groups is 3. The van der Waals surface area contributed by atoms with Gasteiger partial charge < -0.3 is 14.7 Å². The molecule has 0 aliphatic carbocycles. The SMILES string of the molecule is CC(C)CC(=O)N1Cc2ccccc2CC1C(=O)N1CCN(C(=O)c2ccc(C(C)C)cc2)CC1. The van der Waals surface area contributed by atoms with Crippen LogP contribution in [0.15, 0.2) is 48.5 Å². The Morgan fingerprint density at radius 2 is 1.43 bits per heavy atom. The summed E-state index contributed by atoms with van der Waals surface area (Å²) in [5, 5.41) is 0. The summed E-state index contributed by atoms with van der Waals surface area (Å²) in [6, 6.07) is 15.4. The molecule has 2 aliphatic heterocycles. The van der Waals surface area contributed by atoms with Crippen LogP contribution >= 0.6 is 0 Å². The molecule has 2 aliphatic rings. The van der Waals surface area contributed by atoms with Crippen LogP contribution in [0.5, 0.6) is 0 Å². The smallest absolute Gasteiger partial charge is 0.253 e. The van der Waals surface area contributed by atoms with E-state index in [4.69, 9.17) is 0 Å². The Kier molecular flexibility index (Phi) is 7.58. The molecule has 0 N–H and O–H groups in total. The van der Waals surface area contributed by atoms with Gasteiger partial charge in [0, 0.05) is 51.1 Å². The van der Waals surface area contributed by atoms with E-state index in [-0.39, 0.29) is 23.6 Å². The molecule has 0 saturated carbocycles. The maximum Gasteiger partial charge on any atom is 0.253 e. The first-order valence-electron chi connectivity index (χ1n) is 12.8. The number of amides is 3. The van der Waals surface area contributed by atoms with E-state index >= 15 is 0 Å². The number of piperazine rings is 1. The zero-order valence-electron chi connectivity index (χ0n) is 21.4. The highest BCUT2D eigenvalue weighted by Crippen LogP contribution is 2.26. The van der Waals surface area contributed by atoms with Crippen molar-refractivity contribution >= 4 is 17.7 Å². The zero-order chi connectivity index (χ0) is 25.1. The summed E-state index contributed by atoms with van der Waals surface area (Å²) in [6.45, 7) is 10.8. The lowest BCUT2D eigenvalue weighted by atomic mass is 9.92. The summed E-state index contributed by atoms with van der Waals surface area (Å²) in [6.07, 6.45) is 0.976. The predicted octanol–water partition coefficient (Wildman–Crippen LogP) is 4.09. The minimum atomic E-state index is -0.484. The van der Waals surface area contributed by atoms with Crippen molar-refractivity contribution in [2.24, 2.45) is 5.92 Å². The Morgan fingerprint density at radius 1 is 0.829 bits per heavy atom. The Balaban J connectivity index is 1.43. The maximum atomic E-state index is 13.6. The summed E-state index contributed by atoms with van der Waals surface area (Å²) in [7, 11) is 0. The van der Waals surface area contributed by atoms with E-state index in [1.807, 2.05) is 66.1 Å². The van der Waals surface area contributed by atoms with Crippen molar-refractivity contribution in [1.29, 1.82) is 0 Å². The number of hydrogen-bond acceptors (Lipinski definition) is 3. The first kappa shape index (κ1) is 25.0. The van der Waals surface area contributed by atoms with Crippen LogP contribution in [-0.2, 0) is 22.6 Å². The molecular weight excluding hydrogens is 438 g/mol. The lowest BCUT2D eigenvalue weighted by Gasteiger charge is -2.41. The summed E-state index contributed by atoms with van der Waals surface area (Å²) < 4.78 is 0. The van der Waals surface area contributed by atoms with Gasteiger partial charge in [-0.1, -0.05) is 64.1 Å². The van der Waals surface area contributed by atoms with Gasteiger partial charge in [-0.2, -0.15) is 0 Å². The van der Waals surface area contributed by atoms with Gasteiger partial charge in [-0.05, 0) is 40.7 Å². The van der Waals surface area contributed by atoms with E-state index < -0.39 is 6.04 Å². The molecular formula is C29H37N3O3. The topological polar surface area (TPSA) is 60.9 Å². The lowest BCUT2D eigenvalue weighted by molar-refractivity contribution is -0.148. The van der Waals surface area contributed by atoms with Crippen molar-refractivity contribution in [2.45, 2.75) is 59.0 Å². The second-order valence-electron chi connectivity index (χ2n) is 10.5. The number of nitrogens with zero attached hydrogens (tertiary/aromatic N) is 3. The average Bonchev–Trinajstić information content (AvgIpc) is 2.86. The molecule has 35 heavy (non-hydrogen) atoms. The van der Waals surface area contributed by atoms with E-state index in [0.29, 0.717) is 57.0 Å². The predicted molar refractivity (Wildman–Crippen MR) is 137 cm³/mol. The summed E-state index contributed by atoms with van der Waals surface area (Å²) >= 11 is 0. The Hall–Kier alpha value is -3.15. The summed E-state index contributed by atoms with van der Waals surface area (Å²) in [5.41, 5.74) is 4.15. The van der Waals surface area contributed by atoms with Crippen molar-refractivity contribution in [2.75, 3.05) is 26.2 Å². The molecule has 1 saturated heterocycles. The molecule has 4 rings (SSSR count). The van der Waals surface area contributed by atoms with E-state index in [2.05, 4.69) is 19.9 Å². The number of hydrogen-bond donors (Lipinski definition) is 0. The third-order valence-electron chi connectivity index (χ3n) is 7.14. The van der Waals surface area contributed by atoms with Gasteiger partial charge in [-0.25, -0.2) is 0 Å². The van der Waals surface area contributed by atoms with Crippen molar-refractivity contribution in [3.05, 3.63) is 70.8 Å². The molecule has 0 radical (unpaired) electrons. The fourth-order valence-electron chi connectivity index (χ4n) is 5.01. The van der Waals surface area contributed by atoms with Gasteiger partial charge in [-0.3, -0.25) is 14.4 Å². The molecule has 1 atom stereocenters. The van der Waals surface area contributed by atoms with Gasteiger partial charge in [-0.15, -0.1) is 0 Å². The first-order valence-corrected chi connectivity index (χ1v) is 12.8. The third-order valence-corrected chi connectivity index (χ3v) is 7.14. The summed E-state index contributed by atoms with van der Waals surface area (Å²) in [5.74, 6) is 0.691. The molecule has 1 fully saturated rings. The van der Waals surface area contributed by atoms with Crippen LogP contribution in [0.3, 0.4) is 0 Å². The van der Waals surface area contributed by atoms with Crippen LogP contribution in [0.2, 0.25) is 0 Å². The minimum absolute atomic E-state index is 0.00716. The monoisotopic (exact) mass is 475 g/mol.